The van der Waals surface area contributed by atoms with Crippen molar-refractivity contribution in [1.82, 2.24) is 24.3 Å². The second-order valence-corrected chi connectivity index (χ2v) is 6.56. The summed E-state index contributed by atoms with van der Waals surface area (Å²) in [6.07, 6.45) is 1.34. The standard InChI is InChI=1S/C19H17N5OS/c1-12-6-5-9-15(13(12)2)24-17(21-22-19(24)26)11-23-16-8-4-3-7-14(16)20-10-18(23)25/h3-10H,11H2,1-2H3,(H,22,26). The SMILES string of the molecule is Cc1cccc(-n2c(Cn3c(=O)cnc4ccccc43)n[nH]c2=S)c1C. The molecule has 2 aromatic carbocycles. The van der Waals surface area contributed by atoms with Crippen molar-refractivity contribution in [2.24, 2.45) is 0 Å². The van der Waals surface area contributed by atoms with Crippen molar-refractivity contribution in [2.75, 3.05) is 0 Å². The molecule has 0 fully saturated rings. The molecule has 6 nitrogen and oxygen atoms in total. The number of H-pyrrole nitrogens is 1. The molecule has 0 saturated carbocycles. The molecule has 4 aromatic rings. The molecule has 0 aliphatic heterocycles. The predicted octanol–water partition coefficient (Wildman–Crippen LogP) is 3.30. The van der Waals surface area contributed by atoms with Gasteiger partial charge >= 0.3 is 0 Å². The Balaban J connectivity index is 1.90. The fourth-order valence-corrected chi connectivity index (χ4v) is 3.33. The minimum absolute atomic E-state index is 0.176. The van der Waals surface area contributed by atoms with Crippen molar-refractivity contribution in [2.45, 2.75) is 20.4 Å². The fourth-order valence-electron chi connectivity index (χ4n) is 3.08. The molecule has 2 aromatic heterocycles. The number of aromatic amines is 1. The minimum Gasteiger partial charge on any atom is -0.298 e. The summed E-state index contributed by atoms with van der Waals surface area (Å²) in [4.78, 5) is 16.6. The van der Waals surface area contributed by atoms with Crippen molar-refractivity contribution >= 4 is 23.3 Å². The van der Waals surface area contributed by atoms with Crippen LogP contribution in [0.3, 0.4) is 0 Å². The van der Waals surface area contributed by atoms with Gasteiger partial charge < -0.3 is 0 Å². The van der Waals surface area contributed by atoms with E-state index in [0.29, 0.717) is 17.1 Å². The van der Waals surface area contributed by atoms with Gasteiger partial charge in [0.05, 0.1) is 29.5 Å². The minimum atomic E-state index is -0.176. The van der Waals surface area contributed by atoms with Crippen LogP contribution in [0.2, 0.25) is 0 Å². The van der Waals surface area contributed by atoms with Crippen molar-refractivity contribution in [1.29, 1.82) is 0 Å². The zero-order valence-electron chi connectivity index (χ0n) is 14.4. The second-order valence-electron chi connectivity index (χ2n) is 6.17. The first-order valence-electron chi connectivity index (χ1n) is 8.24. The van der Waals surface area contributed by atoms with E-state index < -0.39 is 0 Å². The van der Waals surface area contributed by atoms with E-state index >= 15 is 0 Å². The van der Waals surface area contributed by atoms with Crippen LogP contribution in [0.5, 0.6) is 0 Å². The zero-order valence-corrected chi connectivity index (χ0v) is 15.2. The summed E-state index contributed by atoms with van der Waals surface area (Å²) in [7, 11) is 0. The van der Waals surface area contributed by atoms with Crippen molar-refractivity contribution in [3.8, 4) is 5.69 Å². The van der Waals surface area contributed by atoms with Crippen LogP contribution in [0.1, 0.15) is 17.0 Å². The van der Waals surface area contributed by atoms with E-state index in [0.717, 1.165) is 22.3 Å². The number of rotatable bonds is 3. The van der Waals surface area contributed by atoms with E-state index in [1.54, 1.807) is 4.57 Å². The maximum absolute atomic E-state index is 12.4. The first kappa shape index (κ1) is 16.4. The van der Waals surface area contributed by atoms with E-state index in [-0.39, 0.29) is 5.56 Å². The van der Waals surface area contributed by atoms with Crippen LogP contribution >= 0.6 is 12.2 Å². The Morgan fingerprint density at radius 3 is 2.77 bits per heavy atom. The highest BCUT2D eigenvalue weighted by Gasteiger charge is 2.14. The lowest BCUT2D eigenvalue weighted by Gasteiger charge is -2.13. The number of nitrogens with one attached hydrogen (secondary N) is 1. The molecule has 0 saturated heterocycles. The number of aryl methyl sites for hydroxylation is 1. The average Bonchev–Trinajstić information content (AvgIpc) is 3.00. The monoisotopic (exact) mass is 363 g/mol. The molecular weight excluding hydrogens is 346 g/mol. The molecule has 7 heteroatoms. The Morgan fingerprint density at radius 1 is 1.12 bits per heavy atom. The van der Waals surface area contributed by atoms with Crippen LogP contribution in [-0.4, -0.2) is 24.3 Å². The van der Waals surface area contributed by atoms with Gasteiger partial charge in [0.15, 0.2) is 10.6 Å². The summed E-state index contributed by atoms with van der Waals surface area (Å²) in [6, 6.07) is 13.6. The summed E-state index contributed by atoms with van der Waals surface area (Å²) in [5.41, 5.74) is 4.61. The Hall–Kier alpha value is -3.06. The first-order valence-corrected chi connectivity index (χ1v) is 8.64. The number of hydrogen-bond donors (Lipinski definition) is 1. The smallest absolute Gasteiger partial charge is 0.269 e. The molecule has 130 valence electrons. The summed E-state index contributed by atoms with van der Waals surface area (Å²) >= 11 is 5.45. The highest BCUT2D eigenvalue weighted by atomic mass is 32.1. The Kier molecular flexibility index (Phi) is 4.00. The highest BCUT2D eigenvalue weighted by molar-refractivity contribution is 7.71. The van der Waals surface area contributed by atoms with Gasteiger partial charge in [-0.25, -0.2) is 4.98 Å². The molecule has 1 N–H and O–H groups in total. The average molecular weight is 363 g/mol. The van der Waals surface area contributed by atoms with Gasteiger partial charge in [-0.3, -0.25) is 19.0 Å². The number of nitrogens with zero attached hydrogens (tertiary/aromatic N) is 4. The van der Waals surface area contributed by atoms with Crippen LogP contribution in [0, 0.1) is 18.6 Å². The maximum atomic E-state index is 12.4. The summed E-state index contributed by atoms with van der Waals surface area (Å²) in [5, 5.41) is 7.23. The molecule has 0 aliphatic rings. The number of benzene rings is 2. The topological polar surface area (TPSA) is 68.5 Å². The van der Waals surface area contributed by atoms with Gasteiger partial charge in [-0.2, -0.15) is 5.10 Å². The quantitative estimate of drug-likeness (QED) is 0.567. The first-order chi connectivity index (χ1) is 12.6. The van der Waals surface area contributed by atoms with Gasteiger partial charge in [0.25, 0.3) is 5.56 Å². The molecule has 26 heavy (non-hydrogen) atoms. The van der Waals surface area contributed by atoms with Gasteiger partial charge in [0, 0.05) is 0 Å². The molecule has 0 aliphatic carbocycles. The molecular formula is C19H17N5OS. The third-order valence-electron chi connectivity index (χ3n) is 4.61. The molecule has 0 bridgehead atoms. The van der Waals surface area contributed by atoms with Gasteiger partial charge in [-0.1, -0.05) is 24.3 Å². The third-order valence-corrected chi connectivity index (χ3v) is 4.88. The zero-order chi connectivity index (χ0) is 18.3. The van der Waals surface area contributed by atoms with Crippen LogP contribution < -0.4 is 5.56 Å². The number of para-hydroxylation sites is 2. The Bertz CT molecular complexity index is 1230. The lowest BCUT2D eigenvalue weighted by Crippen LogP contribution is -2.22. The molecule has 0 atom stereocenters. The van der Waals surface area contributed by atoms with Crippen LogP contribution in [-0.2, 0) is 6.54 Å². The normalized spacial score (nSPS) is 11.2. The number of fused-ring (bicyclic) bond motifs is 1. The van der Waals surface area contributed by atoms with Crippen LogP contribution in [0.25, 0.3) is 16.7 Å². The molecule has 0 spiro atoms. The summed E-state index contributed by atoms with van der Waals surface area (Å²) in [6.45, 7) is 4.41. The number of aromatic nitrogens is 5. The predicted molar refractivity (Wildman–Crippen MR) is 103 cm³/mol. The molecule has 4 rings (SSSR count). The maximum Gasteiger partial charge on any atom is 0.269 e. The van der Waals surface area contributed by atoms with E-state index in [1.165, 1.54) is 11.8 Å². The third kappa shape index (κ3) is 2.66. The van der Waals surface area contributed by atoms with E-state index in [1.807, 2.05) is 41.0 Å². The lowest BCUT2D eigenvalue weighted by atomic mass is 10.1. The Labute approximate surface area is 154 Å². The highest BCUT2D eigenvalue weighted by Crippen LogP contribution is 2.20. The van der Waals surface area contributed by atoms with Crippen LogP contribution in [0.15, 0.2) is 53.5 Å². The largest absolute Gasteiger partial charge is 0.298 e. The molecule has 0 radical (unpaired) electrons. The van der Waals surface area contributed by atoms with E-state index in [4.69, 9.17) is 12.2 Å². The summed E-state index contributed by atoms with van der Waals surface area (Å²) in [5.74, 6) is 0.669. The lowest BCUT2D eigenvalue weighted by molar-refractivity contribution is 0.716. The van der Waals surface area contributed by atoms with E-state index in [2.05, 4.69) is 35.1 Å². The van der Waals surface area contributed by atoms with Gasteiger partial charge in [-0.05, 0) is 55.4 Å². The van der Waals surface area contributed by atoms with Crippen molar-refractivity contribution in [3.63, 3.8) is 0 Å². The molecule has 0 unspecified atom stereocenters. The Morgan fingerprint density at radius 2 is 1.92 bits per heavy atom. The van der Waals surface area contributed by atoms with Crippen molar-refractivity contribution in [3.05, 3.63) is 80.7 Å². The van der Waals surface area contributed by atoms with Crippen LogP contribution in [0.4, 0.5) is 0 Å². The second kappa shape index (κ2) is 6.34. The fraction of sp³-hybridized carbons (Fsp3) is 0.158. The summed E-state index contributed by atoms with van der Waals surface area (Å²) < 4.78 is 4.05. The van der Waals surface area contributed by atoms with Gasteiger partial charge in [-0.15, -0.1) is 0 Å². The van der Waals surface area contributed by atoms with Gasteiger partial charge in [0.2, 0.25) is 0 Å². The molecule has 0 amide bonds. The van der Waals surface area contributed by atoms with Gasteiger partial charge in [0.1, 0.15) is 0 Å². The molecule has 2 heterocycles. The van der Waals surface area contributed by atoms with Crippen molar-refractivity contribution < 1.29 is 0 Å². The number of hydrogen-bond acceptors (Lipinski definition) is 4. The van der Waals surface area contributed by atoms with E-state index in [9.17, 15) is 4.79 Å².